The van der Waals surface area contributed by atoms with Crippen LogP contribution in [-0.2, 0) is 14.8 Å². The lowest BCUT2D eigenvalue weighted by Crippen LogP contribution is -2.45. The van der Waals surface area contributed by atoms with Gasteiger partial charge in [-0.2, -0.15) is 4.31 Å². The molecule has 2 aromatic rings. The molecule has 7 heteroatoms. The van der Waals surface area contributed by atoms with Crippen LogP contribution in [0.4, 0.5) is 4.39 Å². The zero-order valence-corrected chi connectivity index (χ0v) is 15.8. The first-order chi connectivity index (χ1) is 12.3. The van der Waals surface area contributed by atoms with Crippen molar-refractivity contribution < 1.29 is 22.3 Å². The molecule has 2 unspecified atom stereocenters. The largest absolute Gasteiger partial charge is 0.495 e. The van der Waals surface area contributed by atoms with E-state index in [1.165, 1.54) is 23.5 Å². The van der Waals surface area contributed by atoms with Crippen LogP contribution in [-0.4, -0.2) is 39.0 Å². The number of benzene rings is 2. The normalized spacial score (nSPS) is 21.5. The number of rotatable bonds is 4. The van der Waals surface area contributed by atoms with Crippen LogP contribution in [0.5, 0.6) is 5.75 Å². The molecule has 0 radical (unpaired) electrons. The van der Waals surface area contributed by atoms with Gasteiger partial charge in [-0.05, 0) is 49.2 Å². The monoisotopic (exact) mass is 379 g/mol. The van der Waals surface area contributed by atoms with Gasteiger partial charge in [0, 0.05) is 13.1 Å². The minimum absolute atomic E-state index is 0.145. The maximum absolute atomic E-state index is 13.2. The predicted molar refractivity (Wildman–Crippen MR) is 96.2 cm³/mol. The van der Waals surface area contributed by atoms with Gasteiger partial charge in [0.2, 0.25) is 10.0 Å². The summed E-state index contributed by atoms with van der Waals surface area (Å²) in [6.45, 7) is 4.07. The molecular formula is C19H22FNO4S. The van der Waals surface area contributed by atoms with Gasteiger partial charge in [0.05, 0.1) is 19.3 Å². The molecule has 26 heavy (non-hydrogen) atoms. The number of ether oxygens (including phenoxy) is 2. The molecule has 0 saturated carbocycles. The van der Waals surface area contributed by atoms with Crippen molar-refractivity contribution in [2.75, 3.05) is 20.2 Å². The first-order valence-corrected chi connectivity index (χ1v) is 9.81. The molecule has 2 aromatic carbocycles. The first kappa shape index (κ1) is 18.8. The van der Waals surface area contributed by atoms with E-state index in [9.17, 15) is 12.8 Å². The molecule has 0 amide bonds. The molecule has 1 aliphatic rings. The second-order valence-electron chi connectivity index (χ2n) is 6.46. The van der Waals surface area contributed by atoms with Crippen molar-refractivity contribution in [2.45, 2.75) is 31.0 Å². The third-order valence-electron chi connectivity index (χ3n) is 4.41. The Labute approximate surface area is 153 Å². The SMILES string of the molecule is COc1ccc(C)cc1S(=O)(=O)N1CC(C)OC(c2ccc(F)cc2)C1. The van der Waals surface area contributed by atoms with Crippen LogP contribution in [0.3, 0.4) is 0 Å². The first-order valence-electron chi connectivity index (χ1n) is 8.37. The van der Waals surface area contributed by atoms with Crippen molar-refractivity contribution >= 4 is 10.0 Å². The molecular weight excluding hydrogens is 357 g/mol. The van der Waals surface area contributed by atoms with Crippen LogP contribution >= 0.6 is 0 Å². The van der Waals surface area contributed by atoms with E-state index < -0.39 is 16.1 Å². The van der Waals surface area contributed by atoms with Gasteiger partial charge in [0.15, 0.2) is 0 Å². The summed E-state index contributed by atoms with van der Waals surface area (Å²) in [6.07, 6.45) is -0.741. The highest BCUT2D eigenvalue weighted by atomic mass is 32.2. The number of hydrogen-bond donors (Lipinski definition) is 0. The van der Waals surface area contributed by atoms with Crippen molar-refractivity contribution in [2.24, 2.45) is 0 Å². The standard InChI is InChI=1S/C19H22FNO4S/c1-13-4-9-17(24-3)19(10-13)26(22,23)21-11-14(2)25-18(12-21)15-5-7-16(20)8-6-15/h4-10,14,18H,11-12H2,1-3H3. The zero-order chi connectivity index (χ0) is 18.9. The van der Waals surface area contributed by atoms with E-state index in [1.807, 2.05) is 13.8 Å². The summed E-state index contributed by atoms with van der Waals surface area (Å²) >= 11 is 0. The molecule has 1 aliphatic heterocycles. The summed E-state index contributed by atoms with van der Waals surface area (Å²) in [5.41, 5.74) is 1.58. The summed E-state index contributed by atoms with van der Waals surface area (Å²) < 4.78 is 52.2. The Morgan fingerprint density at radius 3 is 2.50 bits per heavy atom. The third kappa shape index (κ3) is 3.75. The zero-order valence-electron chi connectivity index (χ0n) is 15.0. The number of morpholine rings is 1. The summed E-state index contributed by atoms with van der Waals surface area (Å²) in [7, 11) is -2.30. The fraction of sp³-hybridized carbons (Fsp3) is 0.368. The smallest absolute Gasteiger partial charge is 0.246 e. The highest BCUT2D eigenvalue weighted by molar-refractivity contribution is 7.89. The van der Waals surface area contributed by atoms with Gasteiger partial charge in [0.25, 0.3) is 0 Å². The van der Waals surface area contributed by atoms with Crippen molar-refractivity contribution in [1.29, 1.82) is 0 Å². The van der Waals surface area contributed by atoms with Gasteiger partial charge >= 0.3 is 0 Å². The molecule has 2 atom stereocenters. The fourth-order valence-electron chi connectivity index (χ4n) is 3.09. The highest BCUT2D eigenvalue weighted by Crippen LogP contribution is 2.33. The number of nitrogens with zero attached hydrogens (tertiary/aromatic N) is 1. The predicted octanol–water partition coefficient (Wildman–Crippen LogP) is 3.29. The third-order valence-corrected chi connectivity index (χ3v) is 6.26. The van der Waals surface area contributed by atoms with Crippen molar-refractivity contribution in [3.63, 3.8) is 0 Å². The van der Waals surface area contributed by atoms with Gasteiger partial charge in [-0.15, -0.1) is 0 Å². The summed E-state index contributed by atoms with van der Waals surface area (Å²) in [5, 5.41) is 0. The maximum Gasteiger partial charge on any atom is 0.246 e. The fourth-order valence-corrected chi connectivity index (χ4v) is 4.85. The van der Waals surface area contributed by atoms with Gasteiger partial charge in [0.1, 0.15) is 16.5 Å². The molecule has 1 saturated heterocycles. The molecule has 1 heterocycles. The minimum Gasteiger partial charge on any atom is -0.495 e. The van der Waals surface area contributed by atoms with E-state index in [4.69, 9.17) is 9.47 Å². The van der Waals surface area contributed by atoms with Gasteiger partial charge in [-0.3, -0.25) is 0 Å². The van der Waals surface area contributed by atoms with Crippen molar-refractivity contribution in [3.8, 4) is 5.75 Å². The van der Waals surface area contributed by atoms with Crippen LogP contribution < -0.4 is 4.74 Å². The average Bonchev–Trinajstić information content (AvgIpc) is 2.61. The molecule has 140 valence electrons. The number of hydrogen-bond acceptors (Lipinski definition) is 4. The summed E-state index contributed by atoms with van der Waals surface area (Å²) in [4.78, 5) is 0.145. The number of methoxy groups -OCH3 is 1. The summed E-state index contributed by atoms with van der Waals surface area (Å²) in [6, 6.07) is 11.0. The number of aryl methyl sites for hydroxylation is 1. The lowest BCUT2D eigenvalue weighted by atomic mass is 10.1. The molecule has 5 nitrogen and oxygen atoms in total. The van der Waals surface area contributed by atoms with E-state index in [1.54, 1.807) is 30.3 Å². The van der Waals surface area contributed by atoms with Crippen LogP contribution in [0.1, 0.15) is 24.2 Å². The Morgan fingerprint density at radius 1 is 1.15 bits per heavy atom. The number of sulfonamides is 1. The van der Waals surface area contributed by atoms with Crippen LogP contribution in [0.2, 0.25) is 0 Å². The van der Waals surface area contributed by atoms with Crippen LogP contribution in [0.15, 0.2) is 47.4 Å². The quantitative estimate of drug-likeness (QED) is 0.818. The lowest BCUT2D eigenvalue weighted by Gasteiger charge is -2.36. The second kappa shape index (κ2) is 7.34. The molecule has 0 aliphatic carbocycles. The Kier molecular flexibility index (Phi) is 5.32. The van der Waals surface area contributed by atoms with E-state index in [-0.39, 0.29) is 29.9 Å². The van der Waals surface area contributed by atoms with Gasteiger partial charge in [-0.1, -0.05) is 18.2 Å². The molecule has 1 fully saturated rings. The van der Waals surface area contributed by atoms with E-state index in [0.717, 1.165) is 11.1 Å². The summed E-state index contributed by atoms with van der Waals surface area (Å²) in [5.74, 6) is -0.0281. The van der Waals surface area contributed by atoms with Crippen molar-refractivity contribution in [1.82, 2.24) is 4.31 Å². The Bertz CT molecular complexity index is 883. The van der Waals surface area contributed by atoms with Crippen LogP contribution in [0.25, 0.3) is 0 Å². The molecule has 0 N–H and O–H groups in total. The Morgan fingerprint density at radius 2 is 1.85 bits per heavy atom. The van der Waals surface area contributed by atoms with E-state index in [0.29, 0.717) is 5.75 Å². The number of halogens is 1. The Balaban J connectivity index is 1.94. The minimum atomic E-state index is -3.76. The molecule has 3 rings (SSSR count). The Hall–Kier alpha value is -1.96. The second-order valence-corrected chi connectivity index (χ2v) is 8.37. The highest BCUT2D eigenvalue weighted by Gasteiger charge is 2.36. The van der Waals surface area contributed by atoms with Crippen LogP contribution in [0, 0.1) is 12.7 Å². The maximum atomic E-state index is 13.2. The van der Waals surface area contributed by atoms with E-state index >= 15 is 0 Å². The molecule has 0 bridgehead atoms. The molecule has 0 aromatic heterocycles. The topological polar surface area (TPSA) is 55.8 Å². The van der Waals surface area contributed by atoms with Crippen molar-refractivity contribution in [3.05, 3.63) is 59.4 Å². The lowest BCUT2D eigenvalue weighted by molar-refractivity contribution is -0.0557. The van der Waals surface area contributed by atoms with E-state index in [2.05, 4.69) is 0 Å². The molecule has 0 spiro atoms. The van der Waals surface area contributed by atoms with Gasteiger partial charge in [-0.25, -0.2) is 12.8 Å². The average molecular weight is 379 g/mol. The van der Waals surface area contributed by atoms with Gasteiger partial charge < -0.3 is 9.47 Å².